The summed E-state index contributed by atoms with van der Waals surface area (Å²) in [6, 6.07) is 10.8. The first-order chi connectivity index (χ1) is 16.3. The highest BCUT2D eigenvalue weighted by Gasteiger charge is 2.46. The summed E-state index contributed by atoms with van der Waals surface area (Å²) >= 11 is 12.4. The number of rotatable bonds is 10. The summed E-state index contributed by atoms with van der Waals surface area (Å²) in [4.78, 5) is 29.9. The number of aliphatic hydroxyl groups excluding tert-OH is 1. The summed E-state index contributed by atoms with van der Waals surface area (Å²) in [6.45, 7) is 10.6. The van der Waals surface area contributed by atoms with Crippen molar-refractivity contribution in [3.8, 4) is 5.75 Å². The van der Waals surface area contributed by atoms with Crippen LogP contribution in [-0.2, 0) is 9.59 Å². The molecule has 1 saturated heterocycles. The van der Waals surface area contributed by atoms with Crippen molar-refractivity contribution in [3.05, 3.63) is 81.9 Å². The molecule has 34 heavy (non-hydrogen) atoms. The van der Waals surface area contributed by atoms with Crippen molar-refractivity contribution in [2.45, 2.75) is 19.9 Å². The van der Waals surface area contributed by atoms with Crippen LogP contribution in [0.1, 0.15) is 31.0 Å². The standard InChI is InChI=1S/C26H28Cl2N2O4/c1-4-15-34-19-10-7-17(8-11-19)24(31)22-23(18-9-12-20(27)21(28)16-18)30(26(33)25(22)32)14-13-29(5-2)6-3/h4,7-12,16,23,31H,1,5-6,13-15H2,2-3H3/t23-/m0/s1. The molecular weight excluding hydrogens is 475 g/mol. The predicted octanol–water partition coefficient (Wildman–Crippen LogP) is 5.32. The molecule has 2 aromatic rings. The third-order valence-corrected chi connectivity index (χ3v) is 6.59. The van der Waals surface area contributed by atoms with Gasteiger partial charge >= 0.3 is 0 Å². The Morgan fingerprint density at radius 2 is 1.79 bits per heavy atom. The molecule has 180 valence electrons. The van der Waals surface area contributed by atoms with Gasteiger partial charge in [0.2, 0.25) is 0 Å². The summed E-state index contributed by atoms with van der Waals surface area (Å²) in [7, 11) is 0. The van der Waals surface area contributed by atoms with Gasteiger partial charge in [-0.3, -0.25) is 9.59 Å². The first-order valence-electron chi connectivity index (χ1n) is 11.1. The number of ether oxygens (including phenoxy) is 1. The third-order valence-electron chi connectivity index (χ3n) is 5.85. The van der Waals surface area contributed by atoms with Gasteiger partial charge in [0, 0.05) is 18.7 Å². The van der Waals surface area contributed by atoms with Gasteiger partial charge in [-0.05, 0) is 55.1 Å². The highest BCUT2D eigenvalue weighted by atomic mass is 35.5. The zero-order valence-corrected chi connectivity index (χ0v) is 20.8. The van der Waals surface area contributed by atoms with E-state index < -0.39 is 17.7 Å². The topological polar surface area (TPSA) is 70.1 Å². The highest BCUT2D eigenvalue weighted by molar-refractivity contribution is 6.46. The minimum Gasteiger partial charge on any atom is -0.507 e. The number of halogens is 2. The molecule has 1 aliphatic heterocycles. The molecule has 1 amide bonds. The summed E-state index contributed by atoms with van der Waals surface area (Å²) in [5.41, 5.74) is 1.01. The fraction of sp³-hybridized carbons (Fsp3) is 0.308. The van der Waals surface area contributed by atoms with Crippen LogP contribution in [0.4, 0.5) is 0 Å². The van der Waals surface area contributed by atoms with E-state index in [1.165, 1.54) is 4.90 Å². The molecule has 2 aromatic carbocycles. The van der Waals surface area contributed by atoms with Gasteiger partial charge in [0.05, 0.1) is 21.7 Å². The lowest BCUT2D eigenvalue weighted by Crippen LogP contribution is -2.38. The smallest absolute Gasteiger partial charge is 0.295 e. The Kier molecular flexibility index (Phi) is 8.78. The van der Waals surface area contributed by atoms with Gasteiger partial charge in [-0.1, -0.05) is 55.8 Å². The summed E-state index contributed by atoms with van der Waals surface area (Å²) in [5.74, 6) is -1.05. The zero-order chi connectivity index (χ0) is 24.8. The van der Waals surface area contributed by atoms with Crippen LogP contribution < -0.4 is 4.74 Å². The molecule has 8 heteroatoms. The number of amides is 1. The number of Topliss-reactive ketones (excluding diaryl/α,β-unsaturated/α-hetero) is 1. The van der Waals surface area contributed by atoms with Crippen LogP contribution >= 0.6 is 23.2 Å². The van der Waals surface area contributed by atoms with E-state index in [9.17, 15) is 14.7 Å². The number of hydrogen-bond donors (Lipinski definition) is 1. The van der Waals surface area contributed by atoms with E-state index in [2.05, 4.69) is 11.5 Å². The van der Waals surface area contributed by atoms with E-state index in [4.69, 9.17) is 27.9 Å². The van der Waals surface area contributed by atoms with E-state index in [-0.39, 0.29) is 11.3 Å². The van der Waals surface area contributed by atoms with Crippen molar-refractivity contribution in [1.82, 2.24) is 9.80 Å². The zero-order valence-electron chi connectivity index (χ0n) is 19.3. The minimum absolute atomic E-state index is 0.0164. The summed E-state index contributed by atoms with van der Waals surface area (Å²) in [6.07, 6.45) is 1.63. The normalized spacial score (nSPS) is 17.4. The average molecular weight is 503 g/mol. The van der Waals surface area contributed by atoms with Crippen LogP contribution in [0.25, 0.3) is 5.76 Å². The number of likely N-dealkylation sites (tertiary alicyclic amines) is 1. The molecule has 0 saturated carbocycles. The predicted molar refractivity (Wildman–Crippen MR) is 135 cm³/mol. The number of hydrogen-bond acceptors (Lipinski definition) is 5. The number of nitrogens with zero attached hydrogens (tertiary/aromatic N) is 2. The lowest BCUT2D eigenvalue weighted by Gasteiger charge is -2.28. The molecule has 0 bridgehead atoms. The lowest BCUT2D eigenvalue weighted by molar-refractivity contribution is -0.140. The fourth-order valence-electron chi connectivity index (χ4n) is 3.95. The number of carbonyl (C=O) groups is 2. The quantitative estimate of drug-likeness (QED) is 0.206. The first-order valence-corrected chi connectivity index (χ1v) is 11.9. The van der Waals surface area contributed by atoms with Crippen molar-refractivity contribution in [3.63, 3.8) is 0 Å². The molecule has 1 heterocycles. The Bertz CT molecular complexity index is 1090. The van der Waals surface area contributed by atoms with Crippen LogP contribution in [0.15, 0.2) is 60.7 Å². The Balaban J connectivity index is 2.06. The lowest BCUT2D eigenvalue weighted by atomic mass is 9.95. The van der Waals surface area contributed by atoms with Crippen LogP contribution in [-0.4, -0.2) is 59.4 Å². The third kappa shape index (κ3) is 5.46. The maximum Gasteiger partial charge on any atom is 0.295 e. The number of benzene rings is 2. The Hall–Kier alpha value is -2.80. The van der Waals surface area contributed by atoms with Crippen molar-refractivity contribution >= 4 is 40.7 Å². The SMILES string of the molecule is C=CCOc1ccc(C(O)=C2C(=O)C(=O)N(CCN(CC)CC)[C@H]2c2ccc(Cl)c(Cl)c2)cc1. The van der Waals surface area contributed by atoms with Crippen molar-refractivity contribution < 1.29 is 19.4 Å². The molecule has 6 nitrogen and oxygen atoms in total. The van der Waals surface area contributed by atoms with Gasteiger partial charge in [0.1, 0.15) is 18.1 Å². The summed E-state index contributed by atoms with van der Waals surface area (Å²) < 4.78 is 5.48. The Morgan fingerprint density at radius 3 is 2.38 bits per heavy atom. The van der Waals surface area contributed by atoms with Crippen molar-refractivity contribution in [1.29, 1.82) is 0 Å². The fourth-order valence-corrected chi connectivity index (χ4v) is 4.25. The Labute approximate surface area is 210 Å². The van der Waals surface area contributed by atoms with Gasteiger partial charge < -0.3 is 19.6 Å². The molecule has 1 aliphatic rings. The van der Waals surface area contributed by atoms with E-state index in [0.29, 0.717) is 46.6 Å². The molecule has 0 radical (unpaired) electrons. The van der Waals surface area contributed by atoms with Crippen molar-refractivity contribution in [2.75, 3.05) is 32.8 Å². The molecule has 1 N–H and O–H groups in total. The molecule has 0 spiro atoms. The molecule has 0 aliphatic carbocycles. The number of likely N-dealkylation sites (N-methyl/N-ethyl adjacent to an activating group) is 1. The summed E-state index contributed by atoms with van der Waals surface area (Å²) in [5, 5.41) is 11.8. The van der Waals surface area contributed by atoms with Crippen LogP contribution in [0.2, 0.25) is 10.0 Å². The first kappa shape index (κ1) is 25.8. The van der Waals surface area contributed by atoms with Crippen LogP contribution in [0.3, 0.4) is 0 Å². The molecular formula is C26H28Cl2N2O4. The molecule has 1 fully saturated rings. The maximum atomic E-state index is 13.1. The van der Waals surface area contributed by atoms with E-state index in [0.717, 1.165) is 13.1 Å². The van der Waals surface area contributed by atoms with Crippen LogP contribution in [0.5, 0.6) is 5.75 Å². The molecule has 0 aromatic heterocycles. The number of aliphatic hydroxyl groups is 1. The van der Waals surface area contributed by atoms with Crippen LogP contribution in [0, 0.1) is 0 Å². The second-order valence-corrected chi connectivity index (χ2v) is 8.63. The molecule has 1 atom stereocenters. The van der Waals surface area contributed by atoms with Gasteiger partial charge in [-0.25, -0.2) is 0 Å². The van der Waals surface area contributed by atoms with Gasteiger partial charge in [-0.2, -0.15) is 0 Å². The van der Waals surface area contributed by atoms with Crippen molar-refractivity contribution in [2.24, 2.45) is 0 Å². The van der Waals surface area contributed by atoms with Gasteiger partial charge in [0.25, 0.3) is 11.7 Å². The molecule has 3 rings (SSSR count). The minimum atomic E-state index is -0.790. The van der Waals surface area contributed by atoms with E-state index >= 15 is 0 Å². The highest BCUT2D eigenvalue weighted by Crippen LogP contribution is 2.41. The largest absolute Gasteiger partial charge is 0.507 e. The second kappa shape index (κ2) is 11.6. The van der Waals surface area contributed by atoms with Gasteiger partial charge in [0.15, 0.2) is 0 Å². The number of carbonyl (C=O) groups excluding carboxylic acids is 2. The van der Waals surface area contributed by atoms with E-state index in [1.54, 1.807) is 48.5 Å². The average Bonchev–Trinajstić information content (AvgIpc) is 3.10. The van der Waals surface area contributed by atoms with Gasteiger partial charge in [-0.15, -0.1) is 0 Å². The number of ketones is 1. The second-order valence-electron chi connectivity index (χ2n) is 7.82. The molecule has 0 unspecified atom stereocenters. The monoisotopic (exact) mass is 502 g/mol. The van der Waals surface area contributed by atoms with E-state index in [1.807, 2.05) is 13.8 Å². The Morgan fingerprint density at radius 1 is 1.12 bits per heavy atom. The maximum absolute atomic E-state index is 13.1.